The SMILES string of the molecule is COC(=O)c1cc(C(=O)CC(C)C)c(C)[nH]1. The molecule has 0 aliphatic carbocycles. The lowest BCUT2D eigenvalue weighted by atomic mass is 10.0. The van der Waals surface area contributed by atoms with E-state index in [1.54, 1.807) is 13.0 Å². The van der Waals surface area contributed by atoms with Crippen molar-refractivity contribution in [3.8, 4) is 0 Å². The zero-order chi connectivity index (χ0) is 12.3. The average Bonchev–Trinajstić information content (AvgIpc) is 2.58. The second-order valence-electron chi connectivity index (χ2n) is 4.23. The number of rotatable bonds is 4. The zero-order valence-electron chi connectivity index (χ0n) is 10.1. The normalized spacial score (nSPS) is 10.6. The summed E-state index contributed by atoms with van der Waals surface area (Å²) < 4.78 is 4.58. The molecule has 1 aromatic heterocycles. The van der Waals surface area contributed by atoms with E-state index in [0.29, 0.717) is 29.3 Å². The largest absolute Gasteiger partial charge is 0.464 e. The van der Waals surface area contributed by atoms with Gasteiger partial charge in [-0.1, -0.05) is 13.8 Å². The van der Waals surface area contributed by atoms with Gasteiger partial charge in [-0.05, 0) is 18.9 Å². The molecular formula is C12H17NO3. The van der Waals surface area contributed by atoms with E-state index in [1.165, 1.54) is 7.11 Å². The van der Waals surface area contributed by atoms with Gasteiger partial charge >= 0.3 is 5.97 Å². The smallest absolute Gasteiger partial charge is 0.354 e. The third kappa shape index (κ3) is 2.72. The molecule has 0 aliphatic heterocycles. The van der Waals surface area contributed by atoms with Gasteiger partial charge < -0.3 is 9.72 Å². The Labute approximate surface area is 95.0 Å². The second-order valence-corrected chi connectivity index (χ2v) is 4.23. The first-order valence-electron chi connectivity index (χ1n) is 5.26. The van der Waals surface area contributed by atoms with Crippen LogP contribution in [0.5, 0.6) is 0 Å². The van der Waals surface area contributed by atoms with Gasteiger partial charge in [-0.25, -0.2) is 4.79 Å². The molecule has 0 unspecified atom stereocenters. The molecule has 1 N–H and O–H groups in total. The number of methoxy groups -OCH3 is 1. The summed E-state index contributed by atoms with van der Waals surface area (Å²) in [4.78, 5) is 25.9. The van der Waals surface area contributed by atoms with E-state index in [2.05, 4.69) is 9.72 Å². The Morgan fingerprint density at radius 2 is 2.06 bits per heavy atom. The van der Waals surface area contributed by atoms with Gasteiger partial charge in [0.1, 0.15) is 5.69 Å². The van der Waals surface area contributed by atoms with Crippen LogP contribution in [0.1, 0.15) is 46.8 Å². The summed E-state index contributed by atoms with van der Waals surface area (Å²) in [6.45, 7) is 5.75. The molecule has 1 aromatic rings. The number of H-pyrrole nitrogens is 1. The minimum absolute atomic E-state index is 0.0545. The van der Waals surface area contributed by atoms with Crippen molar-refractivity contribution in [2.24, 2.45) is 5.92 Å². The lowest BCUT2D eigenvalue weighted by Gasteiger charge is -2.02. The van der Waals surface area contributed by atoms with Crippen molar-refractivity contribution < 1.29 is 14.3 Å². The molecule has 1 rings (SSSR count). The highest BCUT2D eigenvalue weighted by Crippen LogP contribution is 2.15. The molecule has 0 spiro atoms. The third-order valence-corrected chi connectivity index (χ3v) is 2.31. The van der Waals surface area contributed by atoms with Crippen LogP contribution in [0.4, 0.5) is 0 Å². The summed E-state index contributed by atoms with van der Waals surface area (Å²) in [5.74, 6) is -0.0889. The van der Waals surface area contributed by atoms with E-state index < -0.39 is 5.97 Å². The van der Waals surface area contributed by atoms with Crippen molar-refractivity contribution in [1.29, 1.82) is 0 Å². The number of carbonyl (C=O) groups excluding carboxylic acids is 2. The highest BCUT2D eigenvalue weighted by Gasteiger charge is 2.17. The fraction of sp³-hybridized carbons (Fsp3) is 0.500. The Morgan fingerprint density at radius 3 is 2.56 bits per heavy atom. The van der Waals surface area contributed by atoms with Gasteiger partial charge in [-0.2, -0.15) is 0 Å². The quantitative estimate of drug-likeness (QED) is 0.629. The summed E-state index contributed by atoms with van der Waals surface area (Å²) in [5, 5.41) is 0. The molecule has 0 amide bonds. The minimum atomic E-state index is -0.452. The number of nitrogens with one attached hydrogen (secondary N) is 1. The summed E-state index contributed by atoms with van der Waals surface area (Å²) in [6.07, 6.45) is 0.485. The third-order valence-electron chi connectivity index (χ3n) is 2.31. The van der Waals surface area contributed by atoms with E-state index in [4.69, 9.17) is 0 Å². The molecule has 0 saturated carbocycles. The summed E-state index contributed by atoms with van der Waals surface area (Å²) in [7, 11) is 1.31. The van der Waals surface area contributed by atoms with Crippen LogP contribution < -0.4 is 0 Å². The van der Waals surface area contributed by atoms with E-state index in [-0.39, 0.29) is 5.78 Å². The Hall–Kier alpha value is -1.58. The molecule has 0 saturated heterocycles. The molecule has 88 valence electrons. The van der Waals surface area contributed by atoms with E-state index >= 15 is 0 Å². The van der Waals surface area contributed by atoms with E-state index in [0.717, 1.165) is 0 Å². The number of aromatic amines is 1. The molecule has 4 heteroatoms. The molecule has 0 fully saturated rings. The van der Waals surface area contributed by atoms with Crippen LogP contribution in [-0.4, -0.2) is 23.8 Å². The maximum atomic E-state index is 11.8. The number of carbonyl (C=O) groups is 2. The van der Waals surface area contributed by atoms with Gasteiger partial charge in [0.25, 0.3) is 0 Å². The monoisotopic (exact) mass is 223 g/mol. The van der Waals surface area contributed by atoms with Crippen molar-refractivity contribution >= 4 is 11.8 Å². The van der Waals surface area contributed by atoms with Gasteiger partial charge in [-0.15, -0.1) is 0 Å². The Kier molecular flexibility index (Phi) is 3.88. The van der Waals surface area contributed by atoms with Crippen LogP contribution in [0.3, 0.4) is 0 Å². The maximum absolute atomic E-state index is 11.8. The molecule has 0 bridgehead atoms. The Balaban J connectivity index is 2.93. The predicted octanol–water partition coefficient (Wildman–Crippen LogP) is 2.34. The minimum Gasteiger partial charge on any atom is -0.464 e. The van der Waals surface area contributed by atoms with Crippen LogP contribution in [-0.2, 0) is 4.74 Å². The lowest BCUT2D eigenvalue weighted by Crippen LogP contribution is -2.04. The zero-order valence-corrected chi connectivity index (χ0v) is 10.1. The fourth-order valence-corrected chi connectivity index (χ4v) is 1.55. The average molecular weight is 223 g/mol. The van der Waals surface area contributed by atoms with Crippen LogP contribution in [0, 0.1) is 12.8 Å². The van der Waals surface area contributed by atoms with Crippen molar-refractivity contribution in [2.45, 2.75) is 27.2 Å². The van der Waals surface area contributed by atoms with Crippen LogP contribution in [0.25, 0.3) is 0 Å². The number of hydrogen-bond donors (Lipinski definition) is 1. The highest BCUT2D eigenvalue weighted by atomic mass is 16.5. The van der Waals surface area contributed by atoms with Gasteiger partial charge in [-0.3, -0.25) is 4.79 Å². The first-order valence-corrected chi connectivity index (χ1v) is 5.26. The van der Waals surface area contributed by atoms with Gasteiger partial charge in [0.05, 0.1) is 7.11 Å². The standard InChI is InChI=1S/C12H17NO3/c1-7(2)5-11(14)9-6-10(12(15)16-4)13-8(9)3/h6-7,13H,5H2,1-4H3. The molecule has 0 aliphatic rings. The molecule has 0 radical (unpaired) electrons. The molecular weight excluding hydrogens is 206 g/mol. The number of Topliss-reactive ketones (excluding diaryl/α,β-unsaturated/α-hetero) is 1. The first kappa shape index (κ1) is 12.5. The fourth-order valence-electron chi connectivity index (χ4n) is 1.55. The van der Waals surface area contributed by atoms with E-state index in [1.807, 2.05) is 13.8 Å². The molecule has 1 heterocycles. The number of hydrogen-bond acceptors (Lipinski definition) is 3. The maximum Gasteiger partial charge on any atom is 0.354 e. The van der Waals surface area contributed by atoms with Crippen molar-refractivity contribution in [3.05, 3.63) is 23.0 Å². The van der Waals surface area contributed by atoms with Crippen molar-refractivity contribution in [3.63, 3.8) is 0 Å². The predicted molar refractivity (Wildman–Crippen MR) is 60.7 cm³/mol. The summed E-state index contributed by atoms with van der Waals surface area (Å²) >= 11 is 0. The summed E-state index contributed by atoms with van der Waals surface area (Å²) in [6, 6.07) is 1.56. The van der Waals surface area contributed by atoms with Gasteiger partial charge in [0.2, 0.25) is 0 Å². The topological polar surface area (TPSA) is 59.2 Å². The first-order chi connectivity index (χ1) is 7.45. The highest BCUT2D eigenvalue weighted by molar-refractivity contribution is 6.00. The number of aromatic nitrogens is 1. The van der Waals surface area contributed by atoms with Gasteiger partial charge in [0.15, 0.2) is 5.78 Å². The van der Waals surface area contributed by atoms with Crippen molar-refractivity contribution in [1.82, 2.24) is 4.98 Å². The van der Waals surface area contributed by atoms with E-state index in [9.17, 15) is 9.59 Å². The Bertz CT molecular complexity index is 404. The second kappa shape index (κ2) is 4.96. The van der Waals surface area contributed by atoms with Gasteiger partial charge in [0, 0.05) is 17.7 Å². The Morgan fingerprint density at radius 1 is 1.44 bits per heavy atom. The van der Waals surface area contributed by atoms with Crippen LogP contribution in [0.2, 0.25) is 0 Å². The number of esters is 1. The summed E-state index contributed by atoms with van der Waals surface area (Å²) in [5.41, 5.74) is 1.62. The molecule has 4 nitrogen and oxygen atoms in total. The molecule has 16 heavy (non-hydrogen) atoms. The molecule has 0 atom stereocenters. The van der Waals surface area contributed by atoms with Crippen LogP contribution in [0.15, 0.2) is 6.07 Å². The number of ketones is 1. The lowest BCUT2D eigenvalue weighted by molar-refractivity contribution is 0.0594. The number of ether oxygens (including phenoxy) is 1. The molecule has 0 aromatic carbocycles. The number of aryl methyl sites for hydroxylation is 1. The van der Waals surface area contributed by atoms with Crippen LogP contribution >= 0.6 is 0 Å². The van der Waals surface area contributed by atoms with Crippen molar-refractivity contribution in [2.75, 3.05) is 7.11 Å².